The molecular formula is C10H15ClN4O. The van der Waals surface area contributed by atoms with Gasteiger partial charge < -0.3 is 9.30 Å². The molecule has 5 nitrogen and oxygen atoms in total. The molecule has 2 aromatic rings. The van der Waals surface area contributed by atoms with E-state index in [1.807, 2.05) is 18.7 Å². The van der Waals surface area contributed by atoms with Crippen LogP contribution >= 0.6 is 11.6 Å². The zero-order chi connectivity index (χ0) is 11.7. The molecule has 2 rings (SSSR count). The van der Waals surface area contributed by atoms with Crippen molar-refractivity contribution >= 4 is 22.8 Å². The van der Waals surface area contributed by atoms with Crippen molar-refractivity contribution in [2.24, 2.45) is 7.05 Å². The SMILES string of the molecule is COCCn1c(CCl)nc2c(C)nn(C)c21. The zero-order valence-corrected chi connectivity index (χ0v) is 10.5. The largest absolute Gasteiger partial charge is 0.383 e. The summed E-state index contributed by atoms with van der Waals surface area (Å²) in [7, 11) is 3.60. The van der Waals surface area contributed by atoms with Crippen LogP contribution in [0.2, 0.25) is 0 Å². The Balaban J connectivity index is 2.57. The molecule has 2 heterocycles. The van der Waals surface area contributed by atoms with Gasteiger partial charge in [-0.1, -0.05) is 0 Å². The Morgan fingerprint density at radius 3 is 2.81 bits per heavy atom. The van der Waals surface area contributed by atoms with Crippen molar-refractivity contribution in [3.05, 3.63) is 11.5 Å². The van der Waals surface area contributed by atoms with Crippen molar-refractivity contribution in [3.8, 4) is 0 Å². The third kappa shape index (κ3) is 1.70. The van der Waals surface area contributed by atoms with E-state index in [9.17, 15) is 0 Å². The molecule has 0 fully saturated rings. The molecule has 0 bridgehead atoms. The van der Waals surface area contributed by atoms with Crippen LogP contribution < -0.4 is 0 Å². The lowest BCUT2D eigenvalue weighted by molar-refractivity contribution is 0.187. The fraction of sp³-hybridized carbons (Fsp3) is 0.600. The molecule has 0 aliphatic carbocycles. The van der Waals surface area contributed by atoms with E-state index >= 15 is 0 Å². The first-order valence-electron chi connectivity index (χ1n) is 5.12. The lowest BCUT2D eigenvalue weighted by atomic mass is 10.4. The molecule has 0 spiro atoms. The minimum absolute atomic E-state index is 0.401. The molecular weight excluding hydrogens is 228 g/mol. The molecule has 0 saturated carbocycles. The first-order valence-corrected chi connectivity index (χ1v) is 5.66. The van der Waals surface area contributed by atoms with Crippen LogP contribution in [0.4, 0.5) is 0 Å². The van der Waals surface area contributed by atoms with Crippen LogP contribution in [0.1, 0.15) is 11.5 Å². The number of rotatable bonds is 4. The average molecular weight is 243 g/mol. The van der Waals surface area contributed by atoms with E-state index in [4.69, 9.17) is 16.3 Å². The second kappa shape index (κ2) is 4.43. The fourth-order valence-corrected chi connectivity index (χ4v) is 2.10. The number of fused-ring (bicyclic) bond motifs is 1. The summed E-state index contributed by atoms with van der Waals surface area (Å²) in [6.45, 7) is 3.33. The Bertz CT molecular complexity index is 502. The number of ether oxygens (including phenoxy) is 1. The summed E-state index contributed by atoms with van der Waals surface area (Å²) in [6, 6.07) is 0. The number of halogens is 1. The highest BCUT2D eigenvalue weighted by atomic mass is 35.5. The summed E-state index contributed by atoms with van der Waals surface area (Å²) < 4.78 is 8.99. The van der Waals surface area contributed by atoms with E-state index in [1.165, 1.54) is 0 Å². The van der Waals surface area contributed by atoms with Crippen LogP contribution in [-0.4, -0.2) is 33.0 Å². The fourth-order valence-electron chi connectivity index (χ4n) is 1.90. The van der Waals surface area contributed by atoms with E-state index in [0.717, 1.165) is 29.2 Å². The van der Waals surface area contributed by atoms with Crippen LogP contribution in [-0.2, 0) is 24.2 Å². The van der Waals surface area contributed by atoms with Crippen molar-refractivity contribution in [1.29, 1.82) is 0 Å². The minimum atomic E-state index is 0.401. The van der Waals surface area contributed by atoms with Gasteiger partial charge in [-0.2, -0.15) is 5.10 Å². The Kier molecular flexibility index (Phi) is 3.16. The summed E-state index contributed by atoms with van der Waals surface area (Å²) in [5, 5.41) is 4.34. The number of hydrogen-bond donors (Lipinski definition) is 0. The van der Waals surface area contributed by atoms with Crippen LogP contribution in [0, 0.1) is 6.92 Å². The maximum absolute atomic E-state index is 5.89. The van der Waals surface area contributed by atoms with E-state index in [0.29, 0.717) is 12.5 Å². The number of aryl methyl sites for hydroxylation is 2. The van der Waals surface area contributed by atoms with Gasteiger partial charge in [-0.25, -0.2) is 4.98 Å². The van der Waals surface area contributed by atoms with Crippen LogP contribution in [0.25, 0.3) is 11.2 Å². The number of nitrogens with zero attached hydrogens (tertiary/aromatic N) is 4. The predicted octanol–water partition coefficient (Wildman–Crippen LogP) is 1.46. The molecule has 88 valence electrons. The van der Waals surface area contributed by atoms with Crippen molar-refractivity contribution in [2.45, 2.75) is 19.3 Å². The maximum Gasteiger partial charge on any atom is 0.158 e. The van der Waals surface area contributed by atoms with Crippen molar-refractivity contribution in [2.75, 3.05) is 13.7 Å². The van der Waals surface area contributed by atoms with Gasteiger partial charge in [0.15, 0.2) is 5.65 Å². The number of alkyl halides is 1. The molecule has 6 heteroatoms. The van der Waals surface area contributed by atoms with Gasteiger partial charge in [0.2, 0.25) is 0 Å². The van der Waals surface area contributed by atoms with Crippen LogP contribution in [0.15, 0.2) is 0 Å². The smallest absolute Gasteiger partial charge is 0.158 e. The van der Waals surface area contributed by atoms with Gasteiger partial charge in [0.05, 0.1) is 18.2 Å². The van der Waals surface area contributed by atoms with E-state index < -0.39 is 0 Å². The summed E-state index contributed by atoms with van der Waals surface area (Å²) in [6.07, 6.45) is 0. The molecule has 0 aliphatic heterocycles. The second-order valence-electron chi connectivity index (χ2n) is 3.69. The quantitative estimate of drug-likeness (QED) is 0.763. The van der Waals surface area contributed by atoms with E-state index in [-0.39, 0.29) is 0 Å². The highest BCUT2D eigenvalue weighted by Crippen LogP contribution is 2.19. The van der Waals surface area contributed by atoms with Crippen molar-refractivity contribution in [3.63, 3.8) is 0 Å². The Labute approximate surface area is 99.0 Å². The van der Waals surface area contributed by atoms with Crippen LogP contribution in [0.3, 0.4) is 0 Å². The molecule has 0 aliphatic rings. The number of hydrogen-bond acceptors (Lipinski definition) is 3. The van der Waals surface area contributed by atoms with Gasteiger partial charge in [-0.05, 0) is 6.92 Å². The Morgan fingerprint density at radius 1 is 1.44 bits per heavy atom. The first kappa shape index (κ1) is 11.4. The van der Waals surface area contributed by atoms with Gasteiger partial charge >= 0.3 is 0 Å². The Hall–Kier alpha value is -1.07. The summed E-state index contributed by atoms with van der Waals surface area (Å²) in [5.74, 6) is 1.27. The van der Waals surface area contributed by atoms with Crippen molar-refractivity contribution in [1.82, 2.24) is 19.3 Å². The monoisotopic (exact) mass is 242 g/mol. The maximum atomic E-state index is 5.89. The number of imidazole rings is 1. The standard InChI is InChI=1S/C10H15ClN4O/c1-7-9-10(14(2)13-7)15(4-5-16-3)8(6-11)12-9/h4-6H2,1-3H3. The van der Waals surface area contributed by atoms with E-state index in [1.54, 1.807) is 7.11 Å². The number of aromatic nitrogens is 4. The normalized spacial score (nSPS) is 11.5. The predicted molar refractivity (Wildman–Crippen MR) is 62.7 cm³/mol. The van der Waals surface area contributed by atoms with Gasteiger partial charge in [-0.15, -0.1) is 11.6 Å². The average Bonchev–Trinajstić information content (AvgIpc) is 2.75. The topological polar surface area (TPSA) is 44.9 Å². The van der Waals surface area contributed by atoms with Gasteiger partial charge in [0, 0.05) is 20.7 Å². The lowest BCUT2D eigenvalue weighted by Crippen LogP contribution is -2.10. The molecule has 2 aromatic heterocycles. The van der Waals surface area contributed by atoms with Crippen molar-refractivity contribution < 1.29 is 4.74 Å². The Morgan fingerprint density at radius 2 is 2.19 bits per heavy atom. The molecule has 0 N–H and O–H groups in total. The first-order chi connectivity index (χ1) is 7.69. The molecule has 16 heavy (non-hydrogen) atoms. The molecule has 0 amide bonds. The molecule has 0 unspecified atom stereocenters. The zero-order valence-electron chi connectivity index (χ0n) is 9.70. The highest BCUT2D eigenvalue weighted by molar-refractivity contribution is 6.16. The summed E-state index contributed by atoms with van der Waals surface area (Å²) in [5.41, 5.74) is 2.86. The van der Waals surface area contributed by atoms with Gasteiger partial charge in [0.1, 0.15) is 11.3 Å². The second-order valence-corrected chi connectivity index (χ2v) is 3.95. The van der Waals surface area contributed by atoms with E-state index in [2.05, 4.69) is 14.6 Å². The van der Waals surface area contributed by atoms with Gasteiger partial charge in [0.25, 0.3) is 0 Å². The van der Waals surface area contributed by atoms with Gasteiger partial charge in [-0.3, -0.25) is 4.68 Å². The highest BCUT2D eigenvalue weighted by Gasteiger charge is 2.16. The molecule has 0 radical (unpaired) electrons. The summed E-state index contributed by atoms with van der Waals surface area (Å²) in [4.78, 5) is 4.50. The third-order valence-corrected chi connectivity index (χ3v) is 2.85. The van der Waals surface area contributed by atoms with Crippen LogP contribution in [0.5, 0.6) is 0 Å². The lowest BCUT2D eigenvalue weighted by Gasteiger charge is -2.06. The number of methoxy groups -OCH3 is 1. The molecule has 0 saturated heterocycles. The summed E-state index contributed by atoms with van der Waals surface area (Å²) >= 11 is 5.89. The third-order valence-electron chi connectivity index (χ3n) is 2.61. The molecule has 0 aromatic carbocycles. The minimum Gasteiger partial charge on any atom is -0.383 e. The molecule has 0 atom stereocenters.